The van der Waals surface area contributed by atoms with Crippen molar-refractivity contribution in [1.82, 2.24) is 0 Å². The molecule has 0 aromatic carbocycles. The normalized spacial score (nSPS) is 12.2. The fraction of sp³-hybridized carbons (Fsp3) is 0.973. The molecule has 0 N–H and O–H groups in total. The van der Waals surface area contributed by atoms with Crippen molar-refractivity contribution in [1.29, 1.82) is 0 Å². The highest BCUT2D eigenvalue weighted by Gasteiger charge is 2.03. The van der Waals surface area contributed by atoms with Gasteiger partial charge in [0.05, 0.1) is 34.3 Å². The summed E-state index contributed by atoms with van der Waals surface area (Å²) in [7, 11) is 6.99. The minimum Gasteiger partial charge on any atom is -0.546 e. The Balaban J connectivity index is 3.11. The molecule has 0 heterocycles. The third-order valence-corrected chi connectivity index (χ3v) is 9.25. The third-order valence-electron chi connectivity index (χ3n) is 8.51. The van der Waals surface area contributed by atoms with E-state index in [1.54, 1.807) is 0 Å². The molecule has 0 aromatic rings. The topological polar surface area (TPSA) is 26.3 Å². The predicted molar refractivity (Wildman–Crippen MR) is 185 cm³/mol. The van der Waals surface area contributed by atoms with Gasteiger partial charge >= 0.3 is 0 Å². The van der Waals surface area contributed by atoms with Crippen LogP contribution in [0.1, 0.15) is 200 Å². The Morgan fingerprint density at radius 3 is 1.00 bits per heavy atom. The Morgan fingerprint density at radius 1 is 0.463 bits per heavy atom. The van der Waals surface area contributed by atoms with Crippen LogP contribution in [0.2, 0.25) is 0 Å². The summed E-state index contributed by atoms with van der Waals surface area (Å²) in [4.78, 5) is 11.9. The lowest BCUT2D eigenvalue weighted by molar-refractivity contribution is -0.870. The first-order valence-corrected chi connectivity index (χ1v) is 19.4. The van der Waals surface area contributed by atoms with Crippen LogP contribution in [0.15, 0.2) is 0 Å². The lowest BCUT2D eigenvalue weighted by atomic mass is 10.0. The molecule has 0 unspecified atom stereocenters. The smallest absolute Gasteiger partial charge is 0.0989 e. The summed E-state index contributed by atoms with van der Waals surface area (Å²) in [5.74, 6) is 0. The van der Waals surface area contributed by atoms with Crippen LogP contribution < -0.4 is 0 Å². The number of nitrogens with zero attached hydrogens (tertiary/aromatic N) is 1. The molecule has 0 atom stereocenters. The fourth-order valence-electron chi connectivity index (χ4n) is 5.60. The monoisotopic (exact) mass is 598 g/mol. The number of unbranched alkanes of at least 4 members (excludes halogenated alkanes) is 28. The average Bonchev–Trinajstić information content (AvgIpc) is 2.94. The van der Waals surface area contributed by atoms with Gasteiger partial charge in [-0.05, 0) is 12.8 Å². The molecule has 0 saturated heterocycles. The summed E-state index contributed by atoms with van der Waals surface area (Å²) in [6.45, 7) is 3.91. The van der Waals surface area contributed by atoms with Crippen molar-refractivity contribution in [2.45, 2.75) is 200 Å². The Labute approximate surface area is 261 Å². The van der Waals surface area contributed by atoms with Gasteiger partial charge in [0.15, 0.2) is 0 Å². The van der Waals surface area contributed by atoms with E-state index in [0.717, 1.165) is 17.4 Å². The zero-order valence-corrected chi connectivity index (χ0v) is 29.7. The molecule has 0 bridgehead atoms. The van der Waals surface area contributed by atoms with Gasteiger partial charge in [-0.1, -0.05) is 187 Å². The van der Waals surface area contributed by atoms with Crippen molar-refractivity contribution in [3.63, 3.8) is 0 Å². The van der Waals surface area contributed by atoms with Crippen LogP contribution in [0.3, 0.4) is 0 Å². The second kappa shape index (κ2) is 32.9. The molecule has 0 spiro atoms. The molecule has 0 aromatic heterocycles. The summed E-state index contributed by atoms with van der Waals surface area (Å²) in [6, 6.07) is 0. The van der Waals surface area contributed by atoms with E-state index in [9.17, 15) is 4.79 Å². The third kappa shape index (κ3) is 38.0. The molecular formula is C37H76NO2P. The number of likely N-dealkylation sites (N-methyl/N-ethyl adjacent to an activating group) is 1. The van der Waals surface area contributed by atoms with E-state index in [4.69, 9.17) is 4.52 Å². The quantitative estimate of drug-likeness (QED) is 0.0412. The Hall–Kier alpha value is 0.0200. The van der Waals surface area contributed by atoms with Crippen LogP contribution in [0.25, 0.3) is 0 Å². The first-order chi connectivity index (χ1) is 20.0. The van der Waals surface area contributed by atoms with E-state index in [2.05, 4.69) is 28.1 Å². The minimum atomic E-state index is 0.247. The molecule has 0 amide bonds. The van der Waals surface area contributed by atoms with Crippen molar-refractivity contribution in [2.75, 3.05) is 34.3 Å². The molecule has 246 valence electrons. The van der Waals surface area contributed by atoms with Gasteiger partial charge in [-0.2, -0.15) is 0 Å². The van der Waals surface area contributed by atoms with Crippen molar-refractivity contribution >= 4 is 14.3 Å². The molecular weight excluding hydrogens is 521 g/mol. The number of carbonyl (C=O) groups excluding carboxylic acids is 1. The summed E-state index contributed by atoms with van der Waals surface area (Å²) in [5, 5.41) is 0. The number of carbonyl (C=O) groups is 1. The number of hydrogen-bond acceptors (Lipinski definition) is 2. The van der Waals surface area contributed by atoms with Crippen LogP contribution in [0, 0.1) is 0 Å². The lowest BCUT2D eigenvalue weighted by Gasteiger charge is -2.26. The highest BCUT2D eigenvalue weighted by Crippen LogP contribution is 2.19. The molecule has 0 rings (SSSR count). The fourth-order valence-corrected chi connectivity index (χ4v) is 6.17. The van der Waals surface area contributed by atoms with Gasteiger partial charge in [0.25, 0.3) is 0 Å². The Kier molecular flexibility index (Phi) is 32.9. The van der Waals surface area contributed by atoms with Gasteiger partial charge in [0.1, 0.15) is 0 Å². The van der Waals surface area contributed by atoms with Gasteiger partial charge in [0.2, 0.25) is 0 Å². The summed E-state index contributed by atoms with van der Waals surface area (Å²) in [5.41, 5.74) is 0.247. The SMILES string of the molecule is CCCCCCCCCCCCCCCCCCCCCCCCCCCCCCCC(=O)[P-]OCC[N+](C)(C)C. The van der Waals surface area contributed by atoms with Crippen molar-refractivity contribution in [2.24, 2.45) is 0 Å². The Morgan fingerprint density at radius 2 is 0.732 bits per heavy atom. The second-order valence-electron chi connectivity index (χ2n) is 14.0. The molecule has 0 aliphatic heterocycles. The molecule has 0 aliphatic carbocycles. The first kappa shape index (κ1) is 41.0. The van der Waals surface area contributed by atoms with Crippen LogP contribution in [-0.2, 0) is 9.32 Å². The zero-order valence-electron chi connectivity index (χ0n) is 28.8. The maximum absolute atomic E-state index is 11.9. The predicted octanol–water partition coefficient (Wildman–Crippen LogP) is 12.8. The van der Waals surface area contributed by atoms with Crippen LogP contribution in [0.5, 0.6) is 0 Å². The Bertz CT molecular complexity index is 520. The van der Waals surface area contributed by atoms with E-state index in [-0.39, 0.29) is 5.52 Å². The molecule has 4 heteroatoms. The van der Waals surface area contributed by atoms with E-state index in [1.165, 1.54) is 180 Å². The summed E-state index contributed by atoms with van der Waals surface area (Å²) in [6.07, 6.45) is 41.9. The van der Waals surface area contributed by atoms with Gasteiger partial charge in [-0.25, -0.2) is 0 Å². The van der Waals surface area contributed by atoms with Crippen LogP contribution >= 0.6 is 8.81 Å². The van der Waals surface area contributed by atoms with E-state index >= 15 is 0 Å². The lowest BCUT2D eigenvalue weighted by Crippen LogP contribution is -2.37. The summed E-state index contributed by atoms with van der Waals surface area (Å²) < 4.78 is 6.37. The average molecular weight is 598 g/mol. The van der Waals surface area contributed by atoms with E-state index in [1.807, 2.05) is 0 Å². The molecule has 0 radical (unpaired) electrons. The highest BCUT2D eigenvalue weighted by atomic mass is 31.1. The van der Waals surface area contributed by atoms with Crippen molar-refractivity contribution in [3.8, 4) is 0 Å². The maximum atomic E-state index is 11.9. The van der Waals surface area contributed by atoms with Crippen molar-refractivity contribution < 1.29 is 13.8 Å². The maximum Gasteiger partial charge on any atom is 0.0989 e. The van der Waals surface area contributed by atoms with Crippen LogP contribution in [0.4, 0.5) is 0 Å². The first-order valence-electron chi connectivity index (χ1n) is 18.6. The zero-order chi connectivity index (χ0) is 30.1. The highest BCUT2D eigenvalue weighted by molar-refractivity contribution is 7.53. The molecule has 0 aliphatic rings. The molecule has 0 fully saturated rings. The van der Waals surface area contributed by atoms with E-state index in [0.29, 0.717) is 21.8 Å². The molecule has 41 heavy (non-hydrogen) atoms. The number of hydrogen-bond donors (Lipinski definition) is 0. The van der Waals surface area contributed by atoms with Gasteiger partial charge in [0, 0.05) is 5.52 Å². The van der Waals surface area contributed by atoms with Crippen molar-refractivity contribution in [3.05, 3.63) is 0 Å². The van der Waals surface area contributed by atoms with Gasteiger partial charge in [-0.3, -0.25) is 0 Å². The van der Waals surface area contributed by atoms with Crippen LogP contribution in [-0.4, -0.2) is 44.3 Å². The molecule has 0 saturated carbocycles. The number of rotatable bonds is 35. The minimum absolute atomic E-state index is 0.247. The molecule has 3 nitrogen and oxygen atoms in total. The van der Waals surface area contributed by atoms with Gasteiger partial charge < -0.3 is 22.6 Å². The second-order valence-corrected chi connectivity index (χ2v) is 14.9. The largest absolute Gasteiger partial charge is 0.546 e. The summed E-state index contributed by atoms with van der Waals surface area (Å²) >= 11 is 0. The van der Waals surface area contributed by atoms with Gasteiger partial charge in [-0.15, -0.1) is 0 Å². The standard InChI is InChI=1S/C37H76NO2P/c1-5-6-7-8-9-10-11-12-13-14-15-16-17-18-19-20-21-22-23-24-25-26-27-28-29-30-31-32-33-34-37(39)41-40-36-35-38(2,3)4/h5-36H2,1-4H3. The van der Waals surface area contributed by atoms with E-state index < -0.39 is 0 Å². The number of quaternary nitrogens is 1.